The van der Waals surface area contributed by atoms with Crippen LogP contribution < -0.4 is 16.9 Å². The van der Waals surface area contributed by atoms with Gasteiger partial charge in [0.05, 0.1) is 5.56 Å². The van der Waals surface area contributed by atoms with Crippen molar-refractivity contribution < 1.29 is 0 Å². The van der Waals surface area contributed by atoms with E-state index in [4.69, 9.17) is 11.5 Å². The van der Waals surface area contributed by atoms with Crippen molar-refractivity contribution in [3.63, 3.8) is 0 Å². The van der Waals surface area contributed by atoms with Gasteiger partial charge in [0, 0.05) is 19.3 Å². The molecular weight excluding hydrogens is 154 g/mol. The van der Waals surface area contributed by atoms with Gasteiger partial charge in [-0.05, 0) is 12.3 Å². The normalized spacial score (nSPS) is 10.8. The number of hydrogen-bond acceptors (Lipinski definition) is 3. The van der Waals surface area contributed by atoms with E-state index in [2.05, 4.69) is 0 Å². The number of pyridine rings is 1. The summed E-state index contributed by atoms with van der Waals surface area (Å²) >= 11 is 0. The Labute approximate surface area is 70.1 Å². The second kappa shape index (κ2) is 3.13. The van der Waals surface area contributed by atoms with Gasteiger partial charge in [-0.25, -0.2) is 0 Å². The fourth-order valence-corrected chi connectivity index (χ4v) is 0.930. The zero-order valence-corrected chi connectivity index (χ0v) is 6.82. The van der Waals surface area contributed by atoms with Crippen LogP contribution in [0.1, 0.15) is 5.56 Å². The first kappa shape index (κ1) is 8.39. The Morgan fingerprint density at radius 3 is 2.83 bits per heavy atom. The van der Waals surface area contributed by atoms with Gasteiger partial charge >= 0.3 is 0 Å². The number of rotatable bonds is 1. The molecule has 4 nitrogen and oxygen atoms in total. The molecule has 0 aliphatic rings. The highest BCUT2D eigenvalue weighted by atomic mass is 16.1. The van der Waals surface area contributed by atoms with E-state index in [-0.39, 0.29) is 5.43 Å². The second-order valence-corrected chi connectivity index (χ2v) is 2.45. The van der Waals surface area contributed by atoms with Crippen LogP contribution in [0, 0.1) is 0 Å². The van der Waals surface area contributed by atoms with E-state index >= 15 is 0 Å². The highest BCUT2D eigenvalue weighted by Gasteiger charge is 2.01. The Bertz CT molecular complexity index is 365. The van der Waals surface area contributed by atoms with Crippen molar-refractivity contribution in [1.82, 2.24) is 4.57 Å². The predicted octanol–water partition coefficient (Wildman–Crippen LogP) is -0.103. The molecular formula is C8H11N3O. The highest BCUT2D eigenvalue weighted by Crippen LogP contribution is 2.05. The summed E-state index contributed by atoms with van der Waals surface area (Å²) in [5.41, 5.74) is 11.1. The fraction of sp³-hybridized carbons (Fsp3) is 0.125. The maximum absolute atomic E-state index is 11.2. The molecule has 64 valence electrons. The molecule has 0 radical (unpaired) electrons. The van der Waals surface area contributed by atoms with Crippen LogP contribution in [0.15, 0.2) is 23.3 Å². The molecule has 1 aromatic rings. The maximum Gasteiger partial charge on any atom is 0.190 e. The Morgan fingerprint density at radius 2 is 2.25 bits per heavy atom. The van der Waals surface area contributed by atoms with Crippen molar-refractivity contribution in [2.45, 2.75) is 0 Å². The third-order valence-corrected chi connectivity index (χ3v) is 1.63. The highest BCUT2D eigenvalue weighted by molar-refractivity contribution is 5.60. The molecule has 0 fully saturated rings. The third-order valence-electron chi connectivity index (χ3n) is 1.63. The van der Waals surface area contributed by atoms with Crippen LogP contribution in [0.5, 0.6) is 0 Å². The molecule has 1 heterocycles. The third kappa shape index (κ3) is 1.32. The molecule has 0 aromatic carbocycles. The lowest BCUT2D eigenvalue weighted by Crippen LogP contribution is -2.13. The van der Waals surface area contributed by atoms with E-state index in [1.807, 2.05) is 0 Å². The minimum absolute atomic E-state index is 0.118. The van der Waals surface area contributed by atoms with Crippen LogP contribution in [0.2, 0.25) is 0 Å². The van der Waals surface area contributed by atoms with Crippen molar-refractivity contribution >= 4 is 11.9 Å². The van der Waals surface area contributed by atoms with Gasteiger partial charge in [-0.15, -0.1) is 0 Å². The lowest BCUT2D eigenvalue weighted by Gasteiger charge is -2.04. The minimum Gasteiger partial charge on any atom is -0.405 e. The summed E-state index contributed by atoms with van der Waals surface area (Å²) in [5, 5.41) is 0. The molecule has 12 heavy (non-hydrogen) atoms. The molecule has 0 unspecified atom stereocenters. The summed E-state index contributed by atoms with van der Waals surface area (Å²) in [4.78, 5) is 11.2. The van der Waals surface area contributed by atoms with Gasteiger partial charge in [0.15, 0.2) is 5.43 Å². The Kier molecular flexibility index (Phi) is 2.19. The standard InChI is InChI=1S/C8H11N3O/c1-11-5-3-7(12)6(2-4-9)8(11)10/h2-5H,9-10H2,1H3/b4-2-. The van der Waals surface area contributed by atoms with Crippen LogP contribution >= 0.6 is 0 Å². The van der Waals surface area contributed by atoms with Crippen molar-refractivity contribution in [2.24, 2.45) is 12.8 Å². The maximum atomic E-state index is 11.2. The van der Waals surface area contributed by atoms with E-state index in [1.54, 1.807) is 17.8 Å². The van der Waals surface area contributed by atoms with Crippen molar-refractivity contribution in [3.8, 4) is 0 Å². The van der Waals surface area contributed by atoms with Crippen LogP contribution in [0.4, 0.5) is 5.82 Å². The molecule has 0 aliphatic carbocycles. The van der Waals surface area contributed by atoms with E-state index in [1.165, 1.54) is 18.3 Å². The molecule has 0 atom stereocenters. The fourth-order valence-electron chi connectivity index (χ4n) is 0.930. The van der Waals surface area contributed by atoms with Gasteiger partial charge in [0.25, 0.3) is 0 Å². The monoisotopic (exact) mass is 165 g/mol. The zero-order valence-electron chi connectivity index (χ0n) is 6.82. The first-order chi connectivity index (χ1) is 5.66. The van der Waals surface area contributed by atoms with E-state index in [0.29, 0.717) is 11.4 Å². The van der Waals surface area contributed by atoms with Crippen LogP contribution in [-0.4, -0.2) is 4.57 Å². The molecule has 0 aliphatic heterocycles. The lowest BCUT2D eigenvalue weighted by atomic mass is 10.2. The average Bonchev–Trinajstić information content (AvgIpc) is 2.06. The second-order valence-electron chi connectivity index (χ2n) is 2.45. The first-order valence-corrected chi connectivity index (χ1v) is 3.50. The Balaban J connectivity index is 3.43. The number of nitrogen functional groups attached to an aromatic ring is 1. The van der Waals surface area contributed by atoms with E-state index in [0.717, 1.165) is 0 Å². The summed E-state index contributed by atoms with van der Waals surface area (Å²) in [6.45, 7) is 0. The SMILES string of the molecule is Cn1ccc(=O)c(/C=C\N)c1N. The number of aryl methyl sites for hydroxylation is 1. The smallest absolute Gasteiger partial charge is 0.190 e. The summed E-state index contributed by atoms with van der Waals surface area (Å²) in [7, 11) is 1.77. The zero-order chi connectivity index (χ0) is 9.14. The van der Waals surface area contributed by atoms with E-state index in [9.17, 15) is 4.79 Å². The number of aromatic nitrogens is 1. The number of nitrogens with two attached hydrogens (primary N) is 2. The number of hydrogen-bond donors (Lipinski definition) is 2. The molecule has 0 saturated carbocycles. The average molecular weight is 165 g/mol. The minimum atomic E-state index is -0.118. The summed E-state index contributed by atoms with van der Waals surface area (Å²) in [6.07, 6.45) is 4.41. The van der Waals surface area contributed by atoms with Crippen molar-refractivity contribution in [2.75, 3.05) is 5.73 Å². The number of nitrogens with zero attached hydrogens (tertiary/aromatic N) is 1. The summed E-state index contributed by atoms with van der Waals surface area (Å²) in [5.74, 6) is 0.421. The quantitative estimate of drug-likeness (QED) is 0.610. The molecule has 0 saturated heterocycles. The molecule has 1 aromatic heterocycles. The van der Waals surface area contributed by atoms with Gasteiger partial charge in [-0.3, -0.25) is 4.79 Å². The van der Waals surface area contributed by atoms with Crippen molar-refractivity contribution in [1.29, 1.82) is 0 Å². The molecule has 4 N–H and O–H groups in total. The Hall–Kier alpha value is -1.71. The Morgan fingerprint density at radius 1 is 1.58 bits per heavy atom. The van der Waals surface area contributed by atoms with Crippen LogP contribution in [-0.2, 0) is 7.05 Å². The molecule has 1 rings (SSSR count). The summed E-state index contributed by atoms with van der Waals surface area (Å²) in [6, 6.07) is 1.45. The predicted molar refractivity (Wildman–Crippen MR) is 49.3 cm³/mol. The number of anilines is 1. The van der Waals surface area contributed by atoms with Crippen molar-refractivity contribution in [3.05, 3.63) is 34.2 Å². The van der Waals surface area contributed by atoms with Gasteiger partial charge in [-0.1, -0.05) is 0 Å². The lowest BCUT2D eigenvalue weighted by molar-refractivity contribution is 0.913. The topological polar surface area (TPSA) is 74.0 Å². The van der Waals surface area contributed by atoms with Crippen LogP contribution in [0.25, 0.3) is 6.08 Å². The van der Waals surface area contributed by atoms with Crippen LogP contribution in [0.3, 0.4) is 0 Å². The molecule has 0 bridgehead atoms. The molecule has 0 spiro atoms. The van der Waals surface area contributed by atoms with Gasteiger partial charge in [-0.2, -0.15) is 0 Å². The van der Waals surface area contributed by atoms with E-state index < -0.39 is 0 Å². The van der Waals surface area contributed by atoms with Gasteiger partial charge in [0.1, 0.15) is 5.82 Å². The van der Waals surface area contributed by atoms with Gasteiger partial charge in [0.2, 0.25) is 0 Å². The first-order valence-electron chi connectivity index (χ1n) is 3.50. The summed E-state index contributed by atoms with van der Waals surface area (Å²) < 4.78 is 1.66. The molecule has 0 amide bonds. The largest absolute Gasteiger partial charge is 0.405 e. The van der Waals surface area contributed by atoms with Gasteiger partial charge < -0.3 is 16.0 Å². The molecule has 4 heteroatoms.